The monoisotopic (exact) mass is 410 g/mol. The van der Waals surface area contributed by atoms with Crippen LogP contribution in [0.2, 0.25) is 0 Å². The first-order valence-electron chi connectivity index (χ1n) is 9.97. The number of hydrogen-bond donors (Lipinski definition) is 2. The number of carbonyl (C=O) groups is 2. The number of aliphatic hydroxyl groups excluding tert-OH is 1. The lowest BCUT2D eigenvalue weighted by atomic mass is 9.95. The predicted molar refractivity (Wildman–Crippen MR) is 113 cm³/mol. The largest absolute Gasteiger partial charge is 0.507 e. The molecule has 0 bridgehead atoms. The summed E-state index contributed by atoms with van der Waals surface area (Å²) in [5.74, 6) is -0.771. The molecule has 1 amide bonds. The summed E-state index contributed by atoms with van der Waals surface area (Å²) < 4.78 is 5.28. The van der Waals surface area contributed by atoms with Crippen molar-refractivity contribution in [2.45, 2.75) is 19.4 Å². The highest BCUT2D eigenvalue weighted by Gasteiger charge is 2.46. The van der Waals surface area contributed by atoms with Gasteiger partial charge in [0.25, 0.3) is 11.7 Å². The van der Waals surface area contributed by atoms with Gasteiger partial charge in [0, 0.05) is 30.9 Å². The topological polar surface area (TPSA) is 84.2 Å². The second kappa shape index (κ2) is 9.09. The van der Waals surface area contributed by atoms with Gasteiger partial charge >= 0.3 is 0 Å². The maximum absolute atomic E-state index is 13.0. The molecule has 158 valence electrons. The van der Waals surface area contributed by atoms with E-state index < -0.39 is 17.7 Å². The molecule has 2 aromatic rings. The molecule has 3 rings (SSSR count). The number of nitrogens with one attached hydrogen (secondary N) is 1. The number of methoxy groups -OCH3 is 1. The van der Waals surface area contributed by atoms with E-state index in [9.17, 15) is 14.7 Å². The van der Waals surface area contributed by atoms with Gasteiger partial charge in [0.15, 0.2) is 0 Å². The Morgan fingerprint density at radius 3 is 2.63 bits per heavy atom. The molecule has 0 saturated carbocycles. The number of aromatic nitrogens is 1. The Balaban J connectivity index is 2.08. The zero-order valence-electron chi connectivity index (χ0n) is 17.8. The fraction of sp³-hybridized carbons (Fsp3) is 0.348. The number of benzene rings is 1. The van der Waals surface area contributed by atoms with Crippen LogP contribution < -0.4 is 9.64 Å². The van der Waals surface area contributed by atoms with Crippen LogP contribution >= 0.6 is 0 Å². The smallest absolute Gasteiger partial charge is 0.295 e. The highest BCUT2D eigenvalue weighted by Crippen LogP contribution is 2.39. The number of hydrogen-bond acceptors (Lipinski definition) is 5. The van der Waals surface area contributed by atoms with Crippen molar-refractivity contribution in [1.29, 1.82) is 0 Å². The second-order valence-electron chi connectivity index (χ2n) is 7.77. The van der Waals surface area contributed by atoms with Crippen molar-refractivity contribution in [3.63, 3.8) is 0 Å². The number of nitrogens with zero attached hydrogens (tertiary/aromatic N) is 2. The summed E-state index contributed by atoms with van der Waals surface area (Å²) in [4.78, 5) is 32.8. The molecule has 0 radical (unpaired) electrons. The van der Waals surface area contributed by atoms with E-state index in [0.29, 0.717) is 23.4 Å². The summed E-state index contributed by atoms with van der Waals surface area (Å²) in [5, 5.41) is 11.1. The predicted octanol–water partition coefficient (Wildman–Crippen LogP) is 1.35. The minimum Gasteiger partial charge on any atom is -0.507 e. The molecule has 1 saturated heterocycles. The molecule has 30 heavy (non-hydrogen) atoms. The lowest BCUT2D eigenvalue weighted by molar-refractivity contribution is -0.858. The average molecular weight is 410 g/mol. The minimum atomic E-state index is -0.674. The number of pyridine rings is 1. The summed E-state index contributed by atoms with van der Waals surface area (Å²) in [6, 6.07) is 8.08. The molecule has 1 fully saturated rings. The SMILES string of the molecule is COc1ccc(C(O)=C2C(=O)C(=O)N(CCC[NH+](C)C)[C@@H]2c2cccnc2)cc1C. The molecule has 1 atom stereocenters. The summed E-state index contributed by atoms with van der Waals surface area (Å²) in [6.45, 7) is 3.14. The highest BCUT2D eigenvalue weighted by atomic mass is 16.5. The number of aliphatic hydroxyl groups is 1. The molecule has 1 aliphatic rings. The molecular weight excluding hydrogens is 382 g/mol. The third-order valence-electron chi connectivity index (χ3n) is 5.28. The normalized spacial score (nSPS) is 18.3. The molecule has 1 aliphatic heterocycles. The molecule has 0 spiro atoms. The van der Waals surface area contributed by atoms with Crippen LogP contribution in [0.4, 0.5) is 0 Å². The molecular formula is C23H28N3O4+. The van der Waals surface area contributed by atoms with Gasteiger partial charge in [-0.15, -0.1) is 0 Å². The maximum Gasteiger partial charge on any atom is 0.295 e. The first-order valence-corrected chi connectivity index (χ1v) is 9.97. The zero-order valence-corrected chi connectivity index (χ0v) is 17.8. The van der Waals surface area contributed by atoms with Gasteiger partial charge in [0.05, 0.1) is 39.4 Å². The number of ether oxygens (including phenoxy) is 1. The number of rotatable bonds is 7. The van der Waals surface area contributed by atoms with Gasteiger partial charge in [-0.25, -0.2) is 0 Å². The van der Waals surface area contributed by atoms with Crippen LogP contribution in [-0.4, -0.2) is 61.0 Å². The van der Waals surface area contributed by atoms with Gasteiger partial charge < -0.3 is 19.6 Å². The number of aryl methyl sites for hydroxylation is 1. The minimum absolute atomic E-state index is 0.0924. The van der Waals surface area contributed by atoms with Crippen LogP contribution in [0.5, 0.6) is 5.75 Å². The van der Waals surface area contributed by atoms with E-state index in [1.807, 2.05) is 27.1 Å². The Morgan fingerprint density at radius 2 is 2.03 bits per heavy atom. The third-order valence-corrected chi connectivity index (χ3v) is 5.28. The van der Waals surface area contributed by atoms with E-state index in [2.05, 4.69) is 4.98 Å². The van der Waals surface area contributed by atoms with Crippen molar-refractivity contribution in [2.24, 2.45) is 0 Å². The van der Waals surface area contributed by atoms with E-state index in [1.165, 1.54) is 4.90 Å². The first kappa shape index (κ1) is 21.5. The number of quaternary nitrogens is 1. The van der Waals surface area contributed by atoms with Gasteiger partial charge in [-0.2, -0.15) is 0 Å². The third kappa shape index (κ3) is 4.21. The zero-order chi connectivity index (χ0) is 21.8. The van der Waals surface area contributed by atoms with Crippen LogP contribution in [0, 0.1) is 6.92 Å². The van der Waals surface area contributed by atoms with Crippen LogP contribution in [0.15, 0.2) is 48.3 Å². The fourth-order valence-electron chi connectivity index (χ4n) is 3.78. The number of Topliss-reactive ketones (excluding diaryl/α,β-unsaturated/α-hetero) is 1. The highest BCUT2D eigenvalue weighted by molar-refractivity contribution is 6.46. The maximum atomic E-state index is 13.0. The van der Waals surface area contributed by atoms with Gasteiger partial charge in [-0.05, 0) is 42.3 Å². The van der Waals surface area contributed by atoms with Crippen molar-refractivity contribution < 1.29 is 24.3 Å². The van der Waals surface area contributed by atoms with Crippen LogP contribution in [0.25, 0.3) is 5.76 Å². The van der Waals surface area contributed by atoms with Crippen molar-refractivity contribution in [1.82, 2.24) is 9.88 Å². The Bertz CT molecular complexity index is 970. The number of likely N-dealkylation sites (tertiary alicyclic amines) is 1. The molecule has 2 heterocycles. The van der Waals surface area contributed by atoms with Crippen LogP contribution in [0.3, 0.4) is 0 Å². The standard InChI is InChI=1S/C23H27N3O4/c1-15-13-16(8-9-18(15)30-4)21(27)19-20(17-7-5-10-24-14-17)26(23(29)22(19)28)12-6-11-25(2)3/h5,7-10,13-14,20,27H,6,11-12H2,1-4H3/p+1/t20-/m1/s1. The second-order valence-corrected chi connectivity index (χ2v) is 7.77. The number of carbonyl (C=O) groups excluding carboxylic acids is 2. The molecule has 0 aliphatic carbocycles. The Hall–Kier alpha value is -3.19. The van der Waals surface area contributed by atoms with Crippen LogP contribution in [0.1, 0.15) is 29.2 Å². The molecule has 1 aromatic carbocycles. The Kier molecular flexibility index (Phi) is 6.52. The van der Waals surface area contributed by atoms with Gasteiger partial charge in [-0.1, -0.05) is 6.07 Å². The molecule has 1 aromatic heterocycles. The fourth-order valence-corrected chi connectivity index (χ4v) is 3.78. The molecule has 0 unspecified atom stereocenters. The summed E-state index contributed by atoms with van der Waals surface area (Å²) >= 11 is 0. The van der Waals surface area contributed by atoms with E-state index in [-0.39, 0.29) is 11.3 Å². The summed E-state index contributed by atoms with van der Waals surface area (Å²) in [7, 11) is 5.66. The first-order chi connectivity index (χ1) is 14.3. The lowest BCUT2D eigenvalue weighted by Crippen LogP contribution is -3.05. The van der Waals surface area contributed by atoms with Crippen molar-refractivity contribution in [3.8, 4) is 5.75 Å². The Morgan fingerprint density at radius 1 is 1.27 bits per heavy atom. The van der Waals surface area contributed by atoms with Crippen molar-refractivity contribution in [2.75, 3.05) is 34.3 Å². The average Bonchev–Trinajstić information content (AvgIpc) is 2.98. The molecule has 7 heteroatoms. The van der Waals surface area contributed by atoms with Crippen molar-refractivity contribution >= 4 is 17.4 Å². The Labute approximate surface area is 176 Å². The number of amides is 1. The van der Waals surface area contributed by atoms with E-state index >= 15 is 0 Å². The van der Waals surface area contributed by atoms with E-state index in [1.54, 1.807) is 48.7 Å². The lowest BCUT2D eigenvalue weighted by Gasteiger charge is -2.25. The van der Waals surface area contributed by atoms with Crippen LogP contribution in [-0.2, 0) is 9.59 Å². The van der Waals surface area contributed by atoms with E-state index in [0.717, 1.165) is 18.5 Å². The summed E-state index contributed by atoms with van der Waals surface area (Å²) in [6.07, 6.45) is 4.01. The summed E-state index contributed by atoms with van der Waals surface area (Å²) in [5.41, 5.74) is 2.08. The molecule has 2 N–H and O–H groups in total. The van der Waals surface area contributed by atoms with Crippen molar-refractivity contribution in [3.05, 3.63) is 65.0 Å². The van der Waals surface area contributed by atoms with Gasteiger partial charge in [0.2, 0.25) is 0 Å². The van der Waals surface area contributed by atoms with E-state index in [4.69, 9.17) is 4.74 Å². The number of ketones is 1. The van der Waals surface area contributed by atoms with Gasteiger partial charge in [0.1, 0.15) is 11.5 Å². The molecule has 7 nitrogen and oxygen atoms in total. The quantitative estimate of drug-likeness (QED) is 0.409. The van der Waals surface area contributed by atoms with Gasteiger partial charge in [-0.3, -0.25) is 14.6 Å².